The number of halogens is 1. The second kappa shape index (κ2) is 4.59. The Morgan fingerprint density at radius 3 is 2.35 bits per heavy atom. The van der Waals surface area contributed by atoms with Gasteiger partial charge in [-0.1, -0.05) is 18.0 Å². The zero-order valence-corrected chi connectivity index (χ0v) is 11.3. The molecule has 2 unspecified atom stereocenters. The van der Waals surface area contributed by atoms with E-state index in [4.69, 9.17) is 16.7 Å². The molecule has 1 saturated heterocycles. The molecule has 1 saturated carbocycles. The number of benzene rings is 1. The summed E-state index contributed by atoms with van der Waals surface area (Å²) in [6.07, 6.45) is 2.35. The SMILES string of the molecule is O=C(O)c1cc(N2C(=O)C3CCCC3C2=O)ccc1Cl. The van der Waals surface area contributed by atoms with E-state index in [9.17, 15) is 14.4 Å². The third kappa shape index (κ3) is 1.81. The standard InChI is InChI=1S/C14H12ClNO4/c15-11-5-4-7(6-10(11)14(19)20)16-12(17)8-2-1-3-9(8)13(16)18/h4-6,8-9H,1-3H2,(H,19,20). The molecule has 2 atom stereocenters. The highest BCUT2D eigenvalue weighted by Gasteiger charge is 2.50. The predicted molar refractivity (Wildman–Crippen MR) is 71.7 cm³/mol. The van der Waals surface area contributed by atoms with Crippen molar-refractivity contribution >= 4 is 35.1 Å². The summed E-state index contributed by atoms with van der Waals surface area (Å²) < 4.78 is 0. The van der Waals surface area contributed by atoms with Gasteiger partial charge in [-0.15, -0.1) is 0 Å². The van der Waals surface area contributed by atoms with Crippen molar-refractivity contribution < 1.29 is 19.5 Å². The van der Waals surface area contributed by atoms with Gasteiger partial charge in [0.05, 0.1) is 28.1 Å². The number of carbonyl (C=O) groups is 3. The van der Waals surface area contributed by atoms with Crippen LogP contribution in [0.4, 0.5) is 5.69 Å². The normalized spacial score (nSPS) is 25.1. The van der Waals surface area contributed by atoms with Crippen LogP contribution in [0.15, 0.2) is 18.2 Å². The molecule has 0 radical (unpaired) electrons. The molecular weight excluding hydrogens is 282 g/mol. The molecule has 0 bridgehead atoms. The zero-order valence-electron chi connectivity index (χ0n) is 10.5. The van der Waals surface area contributed by atoms with Crippen molar-refractivity contribution in [1.29, 1.82) is 0 Å². The van der Waals surface area contributed by atoms with Gasteiger partial charge in [0, 0.05) is 0 Å². The number of nitrogens with zero attached hydrogens (tertiary/aromatic N) is 1. The highest BCUT2D eigenvalue weighted by molar-refractivity contribution is 6.34. The number of amides is 2. The van der Waals surface area contributed by atoms with E-state index in [0.29, 0.717) is 0 Å². The van der Waals surface area contributed by atoms with Crippen LogP contribution in [-0.4, -0.2) is 22.9 Å². The number of hydrogen-bond donors (Lipinski definition) is 1. The third-order valence-electron chi connectivity index (χ3n) is 4.03. The fraction of sp³-hybridized carbons (Fsp3) is 0.357. The predicted octanol–water partition coefficient (Wildman–Crippen LogP) is 2.33. The number of rotatable bonds is 2. The first-order valence-corrected chi connectivity index (χ1v) is 6.79. The van der Waals surface area contributed by atoms with Gasteiger partial charge in [0.15, 0.2) is 0 Å². The number of carboxylic acid groups (broad SMARTS) is 1. The highest BCUT2D eigenvalue weighted by Crippen LogP contribution is 2.41. The summed E-state index contributed by atoms with van der Waals surface area (Å²) >= 11 is 5.80. The summed E-state index contributed by atoms with van der Waals surface area (Å²) in [4.78, 5) is 36.8. The molecule has 2 aliphatic rings. The molecule has 104 valence electrons. The number of carboxylic acids is 1. The fourth-order valence-corrected chi connectivity index (χ4v) is 3.26. The van der Waals surface area contributed by atoms with E-state index in [1.807, 2.05) is 0 Å². The van der Waals surface area contributed by atoms with Gasteiger partial charge in [-0.05, 0) is 31.0 Å². The van der Waals surface area contributed by atoms with Gasteiger partial charge in [0.1, 0.15) is 0 Å². The van der Waals surface area contributed by atoms with Gasteiger partial charge in [-0.2, -0.15) is 0 Å². The van der Waals surface area contributed by atoms with Gasteiger partial charge in [0.25, 0.3) is 0 Å². The molecule has 0 aromatic heterocycles. The van der Waals surface area contributed by atoms with Gasteiger partial charge >= 0.3 is 5.97 Å². The minimum absolute atomic E-state index is 0.0838. The van der Waals surface area contributed by atoms with Crippen LogP contribution in [0.2, 0.25) is 5.02 Å². The van der Waals surface area contributed by atoms with Gasteiger partial charge in [-0.3, -0.25) is 14.5 Å². The van der Waals surface area contributed by atoms with Crippen molar-refractivity contribution in [3.8, 4) is 0 Å². The smallest absolute Gasteiger partial charge is 0.337 e. The van der Waals surface area contributed by atoms with E-state index < -0.39 is 5.97 Å². The summed E-state index contributed by atoms with van der Waals surface area (Å²) in [5.41, 5.74) is 0.179. The van der Waals surface area contributed by atoms with Crippen molar-refractivity contribution in [2.24, 2.45) is 11.8 Å². The van der Waals surface area contributed by atoms with Gasteiger partial charge < -0.3 is 5.11 Å². The number of aromatic carboxylic acids is 1. The molecule has 1 aliphatic carbocycles. The molecule has 2 fully saturated rings. The largest absolute Gasteiger partial charge is 0.478 e. The lowest BCUT2D eigenvalue weighted by atomic mass is 10.00. The minimum atomic E-state index is -1.18. The molecule has 2 amide bonds. The van der Waals surface area contributed by atoms with E-state index in [1.165, 1.54) is 18.2 Å². The Balaban J connectivity index is 2.01. The van der Waals surface area contributed by atoms with Crippen molar-refractivity contribution in [1.82, 2.24) is 0 Å². The van der Waals surface area contributed by atoms with Crippen LogP contribution in [0.5, 0.6) is 0 Å². The van der Waals surface area contributed by atoms with E-state index in [1.54, 1.807) is 0 Å². The number of hydrogen-bond acceptors (Lipinski definition) is 3. The van der Waals surface area contributed by atoms with Crippen molar-refractivity contribution in [2.45, 2.75) is 19.3 Å². The van der Waals surface area contributed by atoms with Crippen LogP contribution in [0.1, 0.15) is 29.6 Å². The molecule has 1 aromatic carbocycles. The maximum Gasteiger partial charge on any atom is 0.337 e. The van der Waals surface area contributed by atoms with Gasteiger partial charge in [-0.25, -0.2) is 4.79 Å². The maximum atomic E-state index is 12.3. The quantitative estimate of drug-likeness (QED) is 0.849. The van der Waals surface area contributed by atoms with Crippen LogP contribution in [-0.2, 0) is 9.59 Å². The van der Waals surface area contributed by atoms with Crippen molar-refractivity contribution in [2.75, 3.05) is 4.90 Å². The topological polar surface area (TPSA) is 74.7 Å². The number of fused-ring (bicyclic) bond motifs is 1. The first-order chi connectivity index (χ1) is 9.50. The zero-order chi connectivity index (χ0) is 14.4. The van der Waals surface area contributed by atoms with Crippen molar-refractivity contribution in [3.05, 3.63) is 28.8 Å². The second-order valence-electron chi connectivity index (χ2n) is 5.13. The van der Waals surface area contributed by atoms with E-state index >= 15 is 0 Å². The summed E-state index contributed by atoms with van der Waals surface area (Å²) in [5, 5.41) is 9.14. The van der Waals surface area contributed by atoms with Gasteiger partial charge in [0.2, 0.25) is 11.8 Å². The molecule has 1 aromatic rings. The number of carbonyl (C=O) groups excluding carboxylic acids is 2. The third-order valence-corrected chi connectivity index (χ3v) is 4.36. The Morgan fingerprint density at radius 1 is 1.20 bits per heavy atom. The average Bonchev–Trinajstić information content (AvgIpc) is 2.96. The monoisotopic (exact) mass is 293 g/mol. The number of anilines is 1. The Labute approximate surface area is 120 Å². The lowest BCUT2D eigenvalue weighted by Crippen LogP contribution is -2.31. The fourth-order valence-electron chi connectivity index (χ4n) is 3.06. The molecule has 5 nitrogen and oxygen atoms in total. The Bertz CT molecular complexity index is 606. The molecule has 0 spiro atoms. The first kappa shape index (κ1) is 13.1. The minimum Gasteiger partial charge on any atom is -0.478 e. The molecule has 20 heavy (non-hydrogen) atoms. The van der Waals surface area contributed by atoms with Crippen LogP contribution < -0.4 is 4.90 Å². The molecule has 3 rings (SSSR count). The molecular formula is C14H12ClNO4. The maximum absolute atomic E-state index is 12.3. The summed E-state index contributed by atoms with van der Waals surface area (Å²) in [6.45, 7) is 0. The summed E-state index contributed by atoms with van der Waals surface area (Å²) in [7, 11) is 0. The lowest BCUT2D eigenvalue weighted by molar-refractivity contribution is -0.122. The number of imide groups is 1. The Morgan fingerprint density at radius 2 is 1.80 bits per heavy atom. The Hall–Kier alpha value is -1.88. The second-order valence-corrected chi connectivity index (χ2v) is 5.53. The first-order valence-electron chi connectivity index (χ1n) is 6.41. The van der Waals surface area contributed by atoms with Crippen LogP contribution >= 0.6 is 11.6 Å². The summed E-state index contributed by atoms with van der Waals surface area (Å²) in [6, 6.07) is 4.18. The average molecular weight is 294 g/mol. The Kier molecular flexibility index (Phi) is 3.01. The lowest BCUT2D eigenvalue weighted by Gasteiger charge is -2.16. The summed E-state index contributed by atoms with van der Waals surface area (Å²) in [5.74, 6) is -2.12. The van der Waals surface area contributed by atoms with E-state index in [-0.39, 0.29) is 39.9 Å². The molecule has 6 heteroatoms. The van der Waals surface area contributed by atoms with Crippen LogP contribution in [0, 0.1) is 11.8 Å². The van der Waals surface area contributed by atoms with E-state index in [2.05, 4.69) is 0 Å². The molecule has 1 N–H and O–H groups in total. The van der Waals surface area contributed by atoms with Crippen LogP contribution in [0.25, 0.3) is 0 Å². The highest BCUT2D eigenvalue weighted by atomic mass is 35.5. The molecule has 1 heterocycles. The van der Waals surface area contributed by atoms with Crippen LogP contribution in [0.3, 0.4) is 0 Å². The molecule has 1 aliphatic heterocycles. The van der Waals surface area contributed by atoms with E-state index in [0.717, 1.165) is 24.2 Å². The van der Waals surface area contributed by atoms with Crippen molar-refractivity contribution in [3.63, 3.8) is 0 Å².